The van der Waals surface area contributed by atoms with Gasteiger partial charge in [-0.25, -0.2) is 4.68 Å². The maximum atomic E-state index is 5.15. The lowest BCUT2D eigenvalue weighted by molar-refractivity contribution is 0.862. The van der Waals surface area contributed by atoms with Crippen molar-refractivity contribution in [2.24, 2.45) is 5.10 Å². The Hall–Kier alpha value is -3.32. The third kappa shape index (κ3) is 3.50. The lowest BCUT2D eigenvalue weighted by atomic mass is 10.0. The van der Waals surface area contributed by atoms with Crippen molar-refractivity contribution in [3.05, 3.63) is 82.5 Å². The lowest BCUT2D eigenvalue weighted by Crippen LogP contribution is -1.94. The van der Waals surface area contributed by atoms with E-state index in [0.717, 1.165) is 22.5 Å². The molecular formula is C20H18N6S. The molecule has 27 heavy (non-hydrogen) atoms. The number of aryl methyl sites for hydroxylation is 2. The summed E-state index contributed by atoms with van der Waals surface area (Å²) in [4.78, 5) is 0. The molecule has 2 aromatic carbocycles. The first-order chi connectivity index (χ1) is 13.1. The number of aromatic amines is 1. The molecule has 134 valence electrons. The molecule has 2 aromatic heterocycles. The molecule has 2 heterocycles. The zero-order valence-electron chi connectivity index (χ0n) is 15.0. The van der Waals surface area contributed by atoms with Crippen molar-refractivity contribution in [3.8, 4) is 16.9 Å². The summed E-state index contributed by atoms with van der Waals surface area (Å²) >= 11 is 5.15. The molecule has 0 aliphatic carbocycles. The summed E-state index contributed by atoms with van der Waals surface area (Å²) < 4.78 is 3.82. The minimum absolute atomic E-state index is 0.440. The maximum Gasteiger partial charge on any atom is 0.216 e. The molecule has 0 saturated carbocycles. The first kappa shape index (κ1) is 17.1. The van der Waals surface area contributed by atoms with E-state index in [2.05, 4.69) is 47.3 Å². The Morgan fingerprint density at radius 2 is 1.93 bits per heavy atom. The molecule has 0 fully saturated rings. The molecular weight excluding hydrogens is 356 g/mol. The minimum Gasteiger partial charge on any atom is -0.250 e. The van der Waals surface area contributed by atoms with Crippen molar-refractivity contribution < 1.29 is 0 Å². The number of hydrogen-bond donors (Lipinski definition) is 1. The number of benzene rings is 2. The van der Waals surface area contributed by atoms with Gasteiger partial charge in [0.1, 0.15) is 12.0 Å². The highest BCUT2D eigenvalue weighted by Gasteiger charge is 2.13. The third-order valence-corrected chi connectivity index (χ3v) is 4.54. The number of nitrogens with zero attached hydrogens (tertiary/aromatic N) is 5. The van der Waals surface area contributed by atoms with Crippen molar-refractivity contribution >= 4 is 18.4 Å². The van der Waals surface area contributed by atoms with Crippen LogP contribution in [0.25, 0.3) is 16.9 Å². The highest BCUT2D eigenvalue weighted by molar-refractivity contribution is 7.71. The summed E-state index contributed by atoms with van der Waals surface area (Å²) in [6.45, 7) is 4.18. The summed E-state index contributed by atoms with van der Waals surface area (Å²) in [6.07, 6.45) is 5.26. The molecule has 0 aliphatic rings. The number of nitrogens with one attached hydrogen (secondary N) is 1. The Balaban J connectivity index is 1.85. The van der Waals surface area contributed by atoms with Crippen LogP contribution < -0.4 is 0 Å². The largest absolute Gasteiger partial charge is 0.250 e. The van der Waals surface area contributed by atoms with Gasteiger partial charge in [0.15, 0.2) is 0 Å². The van der Waals surface area contributed by atoms with Gasteiger partial charge in [-0.05, 0) is 43.8 Å². The van der Waals surface area contributed by atoms with E-state index in [-0.39, 0.29) is 0 Å². The van der Waals surface area contributed by atoms with E-state index in [0.29, 0.717) is 4.77 Å². The first-order valence-electron chi connectivity index (χ1n) is 8.51. The zero-order valence-corrected chi connectivity index (χ0v) is 15.8. The molecule has 0 amide bonds. The molecule has 7 heteroatoms. The van der Waals surface area contributed by atoms with Crippen LogP contribution in [0.4, 0.5) is 0 Å². The number of H-pyrrole nitrogens is 1. The normalized spacial score (nSPS) is 11.3. The fourth-order valence-electron chi connectivity index (χ4n) is 2.93. The summed E-state index contributed by atoms with van der Waals surface area (Å²) in [5.41, 5.74) is 6.22. The quantitative estimate of drug-likeness (QED) is 0.428. The van der Waals surface area contributed by atoms with Gasteiger partial charge in [0.25, 0.3) is 0 Å². The van der Waals surface area contributed by atoms with Crippen LogP contribution in [0.3, 0.4) is 0 Å². The summed E-state index contributed by atoms with van der Waals surface area (Å²) in [5, 5.41) is 15.8. The highest BCUT2D eigenvalue weighted by Crippen LogP contribution is 2.26. The predicted octanol–water partition coefficient (Wildman–Crippen LogP) is 4.29. The van der Waals surface area contributed by atoms with Gasteiger partial charge in [0, 0.05) is 17.3 Å². The van der Waals surface area contributed by atoms with Crippen molar-refractivity contribution in [2.45, 2.75) is 13.8 Å². The van der Waals surface area contributed by atoms with E-state index in [9.17, 15) is 0 Å². The Bertz CT molecular complexity index is 1170. The molecule has 0 saturated heterocycles. The van der Waals surface area contributed by atoms with Crippen molar-refractivity contribution in [1.29, 1.82) is 0 Å². The fourth-order valence-corrected chi connectivity index (χ4v) is 3.08. The van der Waals surface area contributed by atoms with Crippen LogP contribution in [-0.4, -0.2) is 30.9 Å². The van der Waals surface area contributed by atoms with Gasteiger partial charge in [0.2, 0.25) is 4.77 Å². The Labute approximate surface area is 161 Å². The molecule has 0 radical (unpaired) electrons. The molecule has 0 unspecified atom stereocenters. The van der Waals surface area contributed by atoms with E-state index in [1.807, 2.05) is 41.2 Å². The van der Waals surface area contributed by atoms with Gasteiger partial charge < -0.3 is 0 Å². The maximum absolute atomic E-state index is 5.15. The van der Waals surface area contributed by atoms with Crippen LogP contribution in [0, 0.1) is 18.6 Å². The third-order valence-electron chi connectivity index (χ3n) is 4.26. The lowest BCUT2D eigenvalue weighted by Gasteiger charge is -2.05. The molecule has 0 bridgehead atoms. The summed E-state index contributed by atoms with van der Waals surface area (Å²) in [6, 6.07) is 16.4. The van der Waals surface area contributed by atoms with Gasteiger partial charge in [-0.2, -0.15) is 20.0 Å². The summed E-state index contributed by atoms with van der Waals surface area (Å²) in [7, 11) is 0. The van der Waals surface area contributed by atoms with Crippen LogP contribution in [0.2, 0.25) is 0 Å². The van der Waals surface area contributed by atoms with Gasteiger partial charge in [0.05, 0.1) is 11.9 Å². The topological polar surface area (TPSA) is 63.8 Å². The Morgan fingerprint density at radius 3 is 2.63 bits per heavy atom. The molecule has 4 rings (SSSR count). The number of aromatic nitrogens is 5. The van der Waals surface area contributed by atoms with Gasteiger partial charge >= 0.3 is 0 Å². The van der Waals surface area contributed by atoms with Crippen molar-refractivity contribution in [3.63, 3.8) is 0 Å². The number of para-hydroxylation sites is 1. The van der Waals surface area contributed by atoms with E-state index >= 15 is 0 Å². The van der Waals surface area contributed by atoms with Crippen molar-refractivity contribution in [2.75, 3.05) is 0 Å². The van der Waals surface area contributed by atoms with Crippen LogP contribution >= 0.6 is 12.2 Å². The average Bonchev–Trinajstić information content (AvgIpc) is 3.27. The molecule has 0 atom stereocenters. The average molecular weight is 374 g/mol. The number of rotatable bonds is 4. The molecule has 0 spiro atoms. The fraction of sp³-hybridized carbons (Fsp3) is 0.100. The monoisotopic (exact) mass is 374 g/mol. The molecule has 6 nitrogen and oxygen atoms in total. The van der Waals surface area contributed by atoms with Crippen LogP contribution in [0.15, 0.2) is 66.2 Å². The number of hydrogen-bond acceptors (Lipinski definition) is 4. The van der Waals surface area contributed by atoms with Crippen LogP contribution in [0.1, 0.15) is 16.7 Å². The summed E-state index contributed by atoms with van der Waals surface area (Å²) in [5.74, 6) is 0. The van der Waals surface area contributed by atoms with E-state index in [4.69, 9.17) is 17.3 Å². The van der Waals surface area contributed by atoms with E-state index < -0.39 is 0 Å². The highest BCUT2D eigenvalue weighted by atomic mass is 32.1. The van der Waals surface area contributed by atoms with Crippen molar-refractivity contribution in [1.82, 2.24) is 24.7 Å². The minimum atomic E-state index is 0.440. The van der Waals surface area contributed by atoms with Crippen LogP contribution in [0.5, 0.6) is 0 Å². The Kier molecular flexibility index (Phi) is 4.52. The second-order valence-electron chi connectivity index (χ2n) is 6.28. The first-order valence-corrected chi connectivity index (χ1v) is 8.92. The van der Waals surface area contributed by atoms with E-state index in [1.54, 1.807) is 6.21 Å². The van der Waals surface area contributed by atoms with Gasteiger partial charge in [-0.3, -0.25) is 5.10 Å². The second-order valence-corrected chi connectivity index (χ2v) is 6.67. The Morgan fingerprint density at radius 1 is 1.11 bits per heavy atom. The molecule has 4 aromatic rings. The smallest absolute Gasteiger partial charge is 0.216 e. The van der Waals surface area contributed by atoms with E-state index in [1.165, 1.54) is 22.1 Å². The zero-order chi connectivity index (χ0) is 18.8. The van der Waals surface area contributed by atoms with Gasteiger partial charge in [-0.15, -0.1) is 0 Å². The predicted molar refractivity (Wildman–Crippen MR) is 109 cm³/mol. The molecule has 1 N–H and O–H groups in total. The van der Waals surface area contributed by atoms with Gasteiger partial charge in [-0.1, -0.05) is 42.0 Å². The van der Waals surface area contributed by atoms with Crippen LogP contribution in [-0.2, 0) is 0 Å². The second kappa shape index (κ2) is 7.13. The molecule has 0 aliphatic heterocycles. The SMILES string of the molecule is Cc1ccc(-c2nn(-c3ccccc3)cc2/C=N\n2cn[nH]c2=S)c(C)c1. The standard InChI is InChI=1S/C20H18N6S/c1-14-8-9-18(15(2)10-14)19-16(11-22-26-13-21-23-20(26)27)12-25(24-19)17-6-4-3-5-7-17/h3-13H,1-2H3,(H,23,27)/b22-11-.